The summed E-state index contributed by atoms with van der Waals surface area (Å²) in [5.74, 6) is 0.695. The van der Waals surface area contributed by atoms with Gasteiger partial charge in [-0.05, 0) is 43.2 Å². The summed E-state index contributed by atoms with van der Waals surface area (Å²) in [6.45, 7) is 0.932. The Bertz CT molecular complexity index is 371. The number of benzene rings is 1. The molecule has 1 aliphatic rings. The maximum absolute atomic E-state index is 10.0. The molecule has 1 saturated carbocycles. The minimum atomic E-state index is 0.425. The lowest BCUT2D eigenvalue weighted by Crippen LogP contribution is -2.07. The van der Waals surface area contributed by atoms with E-state index in [-0.39, 0.29) is 0 Å². The molecular weight excluding hydrogens is 212 g/mol. The van der Waals surface area contributed by atoms with Gasteiger partial charge in [-0.15, -0.1) is 0 Å². The fourth-order valence-electron chi connectivity index (χ4n) is 2.46. The fraction of sp³-hybridized carbons (Fsp3) is 0.400. The Morgan fingerprint density at radius 2 is 1.88 bits per heavy atom. The number of carbonyl (C=O) groups is 1. The third-order valence-corrected chi connectivity index (χ3v) is 3.44. The third-order valence-electron chi connectivity index (χ3n) is 3.44. The molecule has 1 aliphatic carbocycles. The number of hydrogen-bond acceptors (Lipinski definition) is 2. The molecular formula is C15H18O2. The van der Waals surface area contributed by atoms with E-state index < -0.39 is 0 Å². The minimum Gasteiger partial charge on any atom is -0.464 e. The highest BCUT2D eigenvalue weighted by molar-refractivity contribution is 5.37. The van der Waals surface area contributed by atoms with Gasteiger partial charge in [0.2, 0.25) is 0 Å². The smallest absolute Gasteiger partial charge is 0.293 e. The number of hydrogen-bond donors (Lipinski definition) is 0. The van der Waals surface area contributed by atoms with Gasteiger partial charge < -0.3 is 4.74 Å². The molecule has 0 spiro atoms. The molecule has 17 heavy (non-hydrogen) atoms. The van der Waals surface area contributed by atoms with Crippen LogP contribution < -0.4 is 0 Å². The van der Waals surface area contributed by atoms with Crippen LogP contribution >= 0.6 is 0 Å². The van der Waals surface area contributed by atoms with E-state index >= 15 is 0 Å². The average molecular weight is 230 g/mol. The number of carbonyl (C=O) groups excluding carboxylic acids is 1. The molecule has 90 valence electrons. The van der Waals surface area contributed by atoms with Crippen LogP contribution in [0.1, 0.15) is 37.2 Å². The van der Waals surface area contributed by atoms with Gasteiger partial charge in [0, 0.05) is 0 Å². The predicted octanol–water partition coefficient (Wildman–Crippen LogP) is 3.44. The van der Waals surface area contributed by atoms with Crippen LogP contribution in [0.3, 0.4) is 0 Å². The first kappa shape index (κ1) is 11.9. The molecule has 2 rings (SSSR count). The third kappa shape index (κ3) is 3.45. The molecule has 0 atom stereocenters. The van der Waals surface area contributed by atoms with E-state index in [4.69, 9.17) is 4.74 Å². The van der Waals surface area contributed by atoms with Gasteiger partial charge in [0.25, 0.3) is 6.47 Å². The lowest BCUT2D eigenvalue weighted by atomic mass is 9.81. The molecule has 0 aromatic heterocycles. The van der Waals surface area contributed by atoms with E-state index in [1.54, 1.807) is 0 Å². The highest BCUT2D eigenvalue weighted by Gasteiger charge is 2.17. The van der Waals surface area contributed by atoms with Crippen molar-refractivity contribution in [2.45, 2.75) is 31.6 Å². The van der Waals surface area contributed by atoms with Gasteiger partial charge in [-0.2, -0.15) is 0 Å². The largest absolute Gasteiger partial charge is 0.464 e. The van der Waals surface area contributed by atoms with Crippen molar-refractivity contribution in [1.29, 1.82) is 0 Å². The lowest BCUT2D eigenvalue weighted by Gasteiger charge is -2.24. The fourth-order valence-corrected chi connectivity index (χ4v) is 2.46. The first-order chi connectivity index (χ1) is 8.40. The Hall–Kier alpha value is -1.57. The van der Waals surface area contributed by atoms with Gasteiger partial charge in [0.05, 0.1) is 0 Å². The van der Waals surface area contributed by atoms with Crippen LogP contribution in [0.5, 0.6) is 0 Å². The molecule has 2 nitrogen and oxygen atoms in total. The maximum Gasteiger partial charge on any atom is 0.293 e. The summed E-state index contributed by atoms with van der Waals surface area (Å²) in [5, 5.41) is 0. The van der Waals surface area contributed by atoms with Crippen molar-refractivity contribution in [3.8, 4) is 0 Å². The Labute approximate surface area is 102 Å². The summed E-state index contributed by atoms with van der Waals surface area (Å²) >= 11 is 0. The standard InChI is InChI=1S/C15H18O2/c16-12-17-11-10-13-6-8-15(9-7-13)14-4-2-1-3-5-14/h1-5,10,12,15H,6-9,11H2. The number of allylic oxidation sites excluding steroid dienone is 1. The SMILES string of the molecule is O=COCC=C1CCC(c2ccccc2)CC1. The van der Waals surface area contributed by atoms with Gasteiger partial charge in [-0.3, -0.25) is 4.79 Å². The van der Waals surface area contributed by atoms with E-state index in [0.29, 0.717) is 19.0 Å². The second-order valence-electron chi connectivity index (χ2n) is 4.48. The van der Waals surface area contributed by atoms with Crippen LogP contribution in [0.4, 0.5) is 0 Å². The van der Waals surface area contributed by atoms with Crippen molar-refractivity contribution in [2.24, 2.45) is 0 Å². The van der Waals surface area contributed by atoms with Crippen molar-refractivity contribution >= 4 is 6.47 Å². The highest BCUT2D eigenvalue weighted by Crippen LogP contribution is 2.35. The van der Waals surface area contributed by atoms with Crippen LogP contribution in [-0.2, 0) is 9.53 Å². The zero-order valence-corrected chi connectivity index (χ0v) is 9.97. The van der Waals surface area contributed by atoms with Crippen LogP contribution in [0, 0.1) is 0 Å². The van der Waals surface area contributed by atoms with E-state index in [9.17, 15) is 4.79 Å². The van der Waals surface area contributed by atoms with Crippen molar-refractivity contribution in [3.05, 3.63) is 47.5 Å². The van der Waals surface area contributed by atoms with Crippen LogP contribution in [0.2, 0.25) is 0 Å². The lowest BCUT2D eigenvalue weighted by molar-refractivity contribution is -0.127. The Balaban J connectivity index is 1.86. The molecule has 0 bridgehead atoms. The normalized spacial score (nSPS) is 19.8. The van der Waals surface area contributed by atoms with E-state index in [1.165, 1.54) is 24.0 Å². The van der Waals surface area contributed by atoms with Gasteiger partial charge in [0.15, 0.2) is 0 Å². The van der Waals surface area contributed by atoms with Gasteiger partial charge in [-0.1, -0.05) is 35.9 Å². The molecule has 0 unspecified atom stereocenters. The van der Waals surface area contributed by atoms with Crippen molar-refractivity contribution in [2.75, 3.05) is 6.61 Å². The quantitative estimate of drug-likeness (QED) is 0.450. The van der Waals surface area contributed by atoms with E-state index in [0.717, 1.165) is 12.8 Å². The van der Waals surface area contributed by atoms with Crippen molar-refractivity contribution in [1.82, 2.24) is 0 Å². The first-order valence-corrected chi connectivity index (χ1v) is 6.18. The summed E-state index contributed by atoms with van der Waals surface area (Å²) in [4.78, 5) is 10.0. The molecule has 1 aromatic carbocycles. The van der Waals surface area contributed by atoms with E-state index in [2.05, 4.69) is 36.4 Å². The van der Waals surface area contributed by atoms with Gasteiger partial charge in [-0.25, -0.2) is 0 Å². The second-order valence-corrected chi connectivity index (χ2v) is 4.48. The molecule has 0 aliphatic heterocycles. The summed E-state index contributed by atoms with van der Waals surface area (Å²) < 4.78 is 4.69. The molecule has 1 fully saturated rings. The second kappa shape index (κ2) is 6.24. The molecule has 0 heterocycles. The van der Waals surface area contributed by atoms with Crippen LogP contribution in [-0.4, -0.2) is 13.1 Å². The topological polar surface area (TPSA) is 26.3 Å². The zero-order valence-electron chi connectivity index (χ0n) is 9.97. The average Bonchev–Trinajstić information content (AvgIpc) is 2.41. The summed E-state index contributed by atoms with van der Waals surface area (Å²) in [7, 11) is 0. The van der Waals surface area contributed by atoms with Gasteiger partial charge >= 0.3 is 0 Å². The summed E-state index contributed by atoms with van der Waals surface area (Å²) in [5.41, 5.74) is 2.88. The molecule has 0 N–H and O–H groups in total. The molecule has 2 heteroatoms. The van der Waals surface area contributed by atoms with Crippen LogP contribution in [0.15, 0.2) is 42.0 Å². The summed E-state index contributed by atoms with van der Waals surface area (Å²) in [6, 6.07) is 10.7. The molecule has 0 amide bonds. The van der Waals surface area contributed by atoms with Crippen LogP contribution in [0.25, 0.3) is 0 Å². The predicted molar refractivity (Wildman–Crippen MR) is 67.8 cm³/mol. The minimum absolute atomic E-state index is 0.425. The molecule has 1 aromatic rings. The summed E-state index contributed by atoms with van der Waals surface area (Å²) in [6.07, 6.45) is 6.72. The molecule has 0 saturated heterocycles. The number of ether oxygens (including phenoxy) is 1. The first-order valence-electron chi connectivity index (χ1n) is 6.18. The monoisotopic (exact) mass is 230 g/mol. The van der Waals surface area contributed by atoms with Crippen molar-refractivity contribution in [3.63, 3.8) is 0 Å². The zero-order chi connectivity index (χ0) is 11.9. The Morgan fingerprint density at radius 3 is 2.53 bits per heavy atom. The Morgan fingerprint density at radius 1 is 1.18 bits per heavy atom. The maximum atomic E-state index is 10.0. The Kier molecular flexibility index (Phi) is 4.37. The van der Waals surface area contributed by atoms with Crippen molar-refractivity contribution < 1.29 is 9.53 Å². The highest BCUT2D eigenvalue weighted by atomic mass is 16.5. The molecule has 0 radical (unpaired) electrons. The van der Waals surface area contributed by atoms with Gasteiger partial charge in [0.1, 0.15) is 6.61 Å². The number of rotatable bonds is 4. The van der Waals surface area contributed by atoms with E-state index in [1.807, 2.05) is 0 Å².